The summed E-state index contributed by atoms with van der Waals surface area (Å²) in [7, 11) is 0. The van der Waals surface area contributed by atoms with Crippen molar-refractivity contribution in [1.82, 2.24) is 15.4 Å². The molecule has 0 aliphatic carbocycles. The fourth-order valence-electron chi connectivity index (χ4n) is 4.95. The smallest absolute Gasteiger partial charge is 0.250 e. The SMILES string of the molecule is Cc1cccc(N2CCN(c3ncnc(NNC(=O)C(c4ccccc4)c4ccccc4)c3N)CC2)c1C. The third-order valence-electron chi connectivity index (χ3n) is 7.19. The summed E-state index contributed by atoms with van der Waals surface area (Å²) in [6.45, 7) is 7.61. The number of carbonyl (C=O) groups is 1. The summed E-state index contributed by atoms with van der Waals surface area (Å²) in [5.74, 6) is 0.356. The number of piperazine rings is 1. The van der Waals surface area contributed by atoms with E-state index in [1.165, 1.54) is 23.1 Å². The second-order valence-corrected chi connectivity index (χ2v) is 9.52. The van der Waals surface area contributed by atoms with Crippen LogP contribution in [0.1, 0.15) is 28.2 Å². The lowest BCUT2D eigenvalue weighted by Crippen LogP contribution is -2.47. The van der Waals surface area contributed by atoms with E-state index >= 15 is 0 Å². The lowest BCUT2D eigenvalue weighted by atomic mass is 9.91. The number of nitrogens with zero attached hydrogens (tertiary/aromatic N) is 4. The summed E-state index contributed by atoms with van der Waals surface area (Å²) in [4.78, 5) is 26.7. The molecule has 4 aromatic rings. The lowest BCUT2D eigenvalue weighted by molar-refractivity contribution is -0.121. The van der Waals surface area contributed by atoms with Crippen molar-refractivity contribution in [3.8, 4) is 0 Å². The fourth-order valence-corrected chi connectivity index (χ4v) is 4.95. The molecule has 1 aromatic heterocycles. The van der Waals surface area contributed by atoms with E-state index in [-0.39, 0.29) is 5.91 Å². The summed E-state index contributed by atoms with van der Waals surface area (Å²) in [6.07, 6.45) is 1.48. The predicted molar refractivity (Wildman–Crippen MR) is 153 cm³/mol. The van der Waals surface area contributed by atoms with Crippen LogP contribution in [0.2, 0.25) is 0 Å². The zero-order valence-corrected chi connectivity index (χ0v) is 21.8. The van der Waals surface area contributed by atoms with Gasteiger partial charge in [-0.25, -0.2) is 9.97 Å². The van der Waals surface area contributed by atoms with E-state index in [4.69, 9.17) is 5.73 Å². The van der Waals surface area contributed by atoms with E-state index in [0.29, 0.717) is 17.3 Å². The molecule has 1 fully saturated rings. The number of aromatic nitrogens is 2. The fraction of sp³-hybridized carbons (Fsp3) is 0.233. The Morgan fingerprint density at radius 2 is 1.42 bits per heavy atom. The Kier molecular flexibility index (Phi) is 7.40. The number of carbonyl (C=O) groups excluding carboxylic acids is 1. The molecule has 38 heavy (non-hydrogen) atoms. The molecule has 1 aliphatic rings. The third-order valence-corrected chi connectivity index (χ3v) is 7.19. The minimum absolute atomic E-state index is 0.205. The Morgan fingerprint density at radius 1 is 0.816 bits per heavy atom. The van der Waals surface area contributed by atoms with Gasteiger partial charge in [-0.3, -0.25) is 15.6 Å². The van der Waals surface area contributed by atoms with Crippen LogP contribution in [0, 0.1) is 13.8 Å². The molecular formula is C30H33N7O. The molecule has 0 radical (unpaired) electrons. The van der Waals surface area contributed by atoms with Crippen molar-refractivity contribution >= 4 is 28.9 Å². The molecule has 0 unspecified atom stereocenters. The normalized spacial score (nSPS) is 13.4. The zero-order valence-electron chi connectivity index (χ0n) is 21.8. The van der Waals surface area contributed by atoms with Gasteiger partial charge in [0.25, 0.3) is 0 Å². The zero-order chi connectivity index (χ0) is 26.5. The van der Waals surface area contributed by atoms with Gasteiger partial charge in [-0.05, 0) is 42.2 Å². The number of nitrogens with two attached hydrogens (primary N) is 1. The maximum atomic E-state index is 13.4. The number of nitrogens with one attached hydrogen (secondary N) is 2. The number of hydrogen-bond donors (Lipinski definition) is 3. The maximum absolute atomic E-state index is 13.4. The van der Waals surface area contributed by atoms with Gasteiger partial charge in [-0.1, -0.05) is 72.8 Å². The van der Waals surface area contributed by atoms with E-state index in [0.717, 1.165) is 37.3 Å². The first kappa shape index (κ1) is 25.1. The number of hydrogen-bond acceptors (Lipinski definition) is 7. The van der Waals surface area contributed by atoms with Crippen LogP contribution in [0.4, 0.5) is 23.0 Å². The average molecular weight is 508 g/mol. The summed E-state index contributed by atoms with van der Waals surface area (Å²) in [5.41, 5.74) is 18.4. The van der Waals surface area contributed by atoms with Crippen molar-refractivity contribution in [3.63, 3.8) is 0 Å². The van der Waals surface area contributed by atoms with Crippen molar-refractivity contribution < 1.29 is 4.79 Å². The molecule has 5 rings (SSSR count). The minimum atomic E-state index is -0.481. The molecule has 1 saturated heterocycles. The quantitative estimate of drug-likeness (QED) is 0.321. The van der Waals surface area contributed by atoms with Crippen molar-refractivity contribution in [2.75, 3.05) is 47.1 Å². The van der Waals surface area contributed by atoms with Crippen LogP contribution in [-0.2, 0) is 4.79 Å². The van der Waals surface area contributed by atoms with Crippen LogP contribution in [0.5, 0.6) is 0 Å². The number of aryl methyl sites for hydroxylation is 1. The Bertz CT molecular complexity index is 1350. The monoisotopic (exact) mass is 507 g/mol. The third kappa shape index (κ3) is 5.25. The van der Waals surface area contributed by atoms with Gasteiger partial charge >= 0.3 is 0 Å². The Morgan fingerprint density at radius 3 is 2.05 bits per heavy atom. The number of rotatable bonds is 7. The van der Waals surface area contributed by atoms with Crippen LogP contribution in [0.25, 0.3) is 0 Å². The van der Waals surface area contributed by atoms with Gasteiger partial charge in [0.1, 0.15) is 12.0 Å². The van der Waals surface area contributed by atoms with Crippen LogP contribution in [0.3, 0.4) is 0 Å². The van der Waals surface area contributed by atoms with Crippen molar-refractivity contribution in [2.24, 2.45) is 0 Å². The van der Waals surface area contributed by atoms with Crippen LogP contribution in [0.15, 0.2) is 85.2 Å². The number of amides is 1. The van der Waals surface area contributed by atoms with Gasteiger partial charge in [0, 0.05) is 31.9 Å². The highest BCUT2D eigenvalue weighted by molar-refractivity contribution is 5.88. The molecule has 0 spiro atoms. The second kappa shape index (κ2) is 11.2. The summed E-state index contributed by atoms with van der Waals surface area (Å²) in [6, 6.07) is 25.8. The van der Waals surface area contributed by atoms with Crippen molar-refractivity contribution in [3.05, 3.63) is 107 Å². The van der Waals surface area contributed by atoms with Gasteiger partial charge in [0.15, 0.2) is 11.6 Å². The van der Waals surface area contributed by atoms with Crippen molar-refractivity contribution in [2.45, 2.75) is 19.8 Å². The van der Waals surface area contributed by atoms with E-state index < -0.39 is 5.92 Å². The molecule has 0 bridgehead atoms. The average Bonchev–Trinajstić information content (AvgIpc) is 2.95. The molecule has 194 valence electrons. The van der Waals surface area contributed by atoms with E-state index in [1.54, 1.807) is 0 Å². The van der Waals surface area contributed by atoms with Gasteiger partial charge in [0.2, 0.25) is 5.91 Å². The van der Waals surface area contributed by atoms with Gasteiger partial charge < -0.3 is 15.5 Å². The van der Waals surface area contributed by atoms with E-state index in [9.17, 15) is 4.79 Å². The second-order valence-electron chi connectivity index (χ2n) is 9.52. The number of nitrogen functional groups attached to an aromatic ring is 1. The Hall–Kier alpha value is -4.59. The van der Waals surface area contributed by atoms with Crippen LogP contribution < -0.4 is 26.4 Å². The molecule has 4 N–H and O–H groups in total. The van der Waals surface area contributed by atoms with Gasteiger partial charge in [0.05, 0.1) is 5.92 Å². The summed E-state index contributed by atoms with van der Waals surface area (Å²) >= 11 is 0. The summed E-state index contributed by atoms with van der Waals surface area (Å²) in [5, 5.41) is 0. The molecule has 1 aliphatic heterocycles. The first-order valence-corrected chi connectivity index (χ1v) is 12.8. The summed E-state index contributed by atoms with van der Waals surface area (Å²) < 4.78 is 0. The topological polar surface area (TPSA) is 99.4 Å². The molecular weight excluding hydrogens is 474 g/mol. The highest BCUT2D eigenvalue weighted by atomic mass is 16.2. The predicted octanol–water partition coefficient (Wildman–Crippen LogP) is 4.28. The van der Waals surface area contributed by atoms with E-state index in [1.807, 2.05) is 60.7 Å². The highest BCUT2D eigenvalue weighted by Crippen LogP contribution is 2.30. The largest absolute Gasteiger partial charge is 0.393 e. The molecule has 0 atom stereocenters. The number of benzene rings is 3. The van der Waals surface area contributed by atoms with Gasteiger partial charge in [-0.15, -0.1) is 0 Å². The molecule has 8 nitrogen and oxygen atoms in total. The van der Waals surface area contributed by atoms with Gasteiger partial charge in [-0.2, -0.15) is 0 Å². The van der Waals surface area contributed by atoms with Crippen molar-refractivity contribution in [1.29, 1.82) is 0 Å². The molecule has 3 aromatic carbocycles. The number of anilines is 4. The maximum Gasteiger partial charge on any atom is 0.250 e. The molecule has 0 saturated carbocycles. The first-order valence-electron chi connectivity index (χ1n) is 12.8. The molecule has 8 heteroatoms. The Labute approximate surface area is 223 Å². The molecule has 2 heterocycles. The lowest BCUT2D eigenvalue weighted by Gasteiger charge is -2.38. The van der Waals surface area contributed by atoms with Crippen LogP contribution in [-0.4, -0.2) is 42.1 Å². The minimum Gasteiger partial charge on any atom is -0.393 e. The highest BCUT2D eigenvalue weighted by Gasteiger charge is 2.25. The molecule has 1 amide bonds. The Balaban J connectivity index is 1.28. The van der Waals surface area contributed by atoms with E-state index in [2.05, 4.69) is 62.7 Å². The van der Waals surface area contributed by atoms with Crippen LogP contribution >= 0.6 is 0 Å². The first-order chi connectivity index (χ1) is 18.5. The number of hydrazine groups is 1. The standard InChI is InChI=1S/C30H33N7O/c1-21-10-9-15-25(22(21)2)36-16-18-37(19-17-36)29-27(31)28(32-20-33-29)34-35-30(38)26(23-11-5-3-6-12-23)24-13-7-4-8-14-24/h3-15,20,26H,16-19,31H2,1-2H3,(H,35,38)(H,32,33,34).